The molecule has 2 heterocycles. The summed E-state index contributed by atoms with van der Waals surface area (Å²) in [4.78, 5) is 32.2. The maximum absolute atomic E-state index is 11.9. The summed E-state index contributed by atoms with van der Waals surface area (Å²) in [6, 6.07) is 10.5. The predicted molar refractivity (Wildman–Crippen MR) is 104 cm³/mol. The molecule has 0 saturated carbocycles. The van der Waals surface area contributed by atoms with Crippen molar-refractivity contribution >= 4 is 11.8 Å². The quantitative estimate of drug-likeness (QED) is 0.601. The van der Waals surface area contributed by atoms with E-state index in [2.05, 4.69) is 15.1 Å². The highest BCUT2D eigenvalue weighted by Gasteiger charge is 2.16. The number of carbonyl (C=O) groups excluding carboxylic acids is 1. The molecule has 144 valence electrons. The number of aromatic nitrogens is 4. The summed E-state index contributed by atoms with van der Waals surface area (Å²) >= 11 is 0. The third-order valence-electron chi connectivity index (χ3n) is 4.37. The minimum absolute atomic E-state index is 0.0742. The second-order valence-corrected chi connectivity index (χ2v) is 6.43. The van der Waals surface area contributed by atoms with Gasteiger partial charge in [-0.25, -0.2) is 14.5 Å². The van der Waals surface area contributed by atoms with Crippen LogP contribution in [-0.2, 0) is 13.0 Å². The molecule has 0 aliphatic heterocycles. The molecule has 0 aliphatic rings. The average molecular weight is 378 g/mol. The van der Waals surface area contributed by atoms with Crippen LogP contribution in [0.3, 0.4) is 0 Å². The largest absolute Gasteiger partial charge is 0.478 e. The maximum atomic E-state index is 11.9. The smallest absolute Gasteiger partial charge is 0.336 e. The Morgan fingerprint density at radius 3 is 2.54 bits per heavy atom. The standard InChI is InChI=1S/C21H22N4O3/c1-3-11-25-19(23-20(24-25)18(26)4-2)12-14-9-10-17(22-13-14)15-7-5-6-8-16(15)21(27)28/h5-10,13H,3-4,11-12H2,1-2H3,(H,27,28). The van der Waals surface area contributed by atoms with E-state index in [1.54, 1.807) is 48.1 Å². The van der Waals surface area contributed by atoms with E-state index in [9.17, 15) is 14.7 Å². The van der Waals surface area contributed by atoms with E-state index in [4.69, 9.17) is 0 Å². The first-order valence-electron chi connectivity index (χ1n) is 9.28. The van der Waals surface area contributed by atoms with Gasteiger partial charge in [-0.15, -0.1) is 5.10 Å². The first-order valence-corrected chi connectivity index (χ1v) is 9.28. The van der Waals surface area contributed by atoms with Crippen LogP contribution in [0.4, 0.5) is 0 Å². The maximum Gasteiger partial charge on any atom is 0.336 e. The van der Waals surface area contributed by atoms with Crippen LogP contribution in [0.5, 0.6) is 0 Å². The van der Waals surface area contributed by atoms with E-state index in [1.165, 1.54) is 0 Å². The van der Waals surface area contributed by atoms with E-state index in [-0.39, 0.29) is 17.2 Å². The van der Waals surface area contributed by atoms with Crippen molar-refractivity contribution in [2.24, 2.45) is 0 Å². The third kappa shape index (κ3) is 4.14. The van der Waals surface area contributed by atoms with E-state index in [0.29, 0.717) is 30.6 Å². The molecule has 3 aromatic rings. The van der Waals surface area contributed by atoms with Gasteiger partial charge in [-0.2, -0.15) is 0 Å². The molecule has 0 spiro atoms. The lowest BCUT2D eigenvalue weighted by molar-refractivity contribution is 0.0697. The number of Topliss-reactive ketones (excluding diaryl/α,β-unsaturated/α-hetero) is 1. The van der Waals surface area contributed by atoms with Crippen LogP contribution in [0.2, 0.25) is 0 Å². The number of carbonyl (C=O) groups is 2. The van der Waals surface area contributed by atoms with Crippen LogP contribution >= 0.6 is 0 Å². The van der Waals surface area contributed by atoms with Gasteiger partial charge in [-0.05, 0) is 24.1 Å². The lowest BCUT2D eigenvalue weighted by Crippen LogP contribution is -2.06. The monoisotopic (exact) mass is 378 g/mol. The van der Waals surface area contributed by atoms with Gasteiger partial charge in [0.05, 0.1) is 11.3 Å². The molecule has 0 aliphatic carbocycles. The average Bonchev–Trinajstić information content (AvgIpc) is 3.10. The Morgan fingerprint density at radius 1 is 1.11 bits per heavy atom. The normalized spacial score (nSPS) is 10.8. The van der Waals surface area contributed by atoms with Gasteiger partial charge in [0.25, 0.3) is 0 Å². The fraction of sp³-hybridized carbons (Fsp3) is 0.286. The van der Waals surface area contributed by atoms with Crippen molar-refractivity contribution in [1.29, 1.82) is 0 Å². The topological polar surface area (TPSA) is 98.0 Å². The van der Waals surface area contributed by atoms with Crippen LogP contribution in [0.15, 0.2) is 42.6 Å². The van der Waals surface area contributed by atoms with Crippen LogP contribution < -0.4 is 0 Å². The Labute approximate surface area is 163 Å². The van der Waals surface area contributed by atoms with E-state index >= 15 is 0 Å². The number of ketones is 1. The van der Waals surface area contributed by atoms with Crippen LogP contribution in [-0.4, -0.2) is 36.6 Å². The molecule has 0 saturated heterocycles. The second kappa shape index (κ2) is 8.56. The minimum Gasteiger partial charge on any atom is -0.478 e. The molecule has 1 N–H and O–H groups in total. The van der Waals surface area contributed by atoms with E-state index in [0.717, 1.165) is 17.8 Å². The first-order chi connectivity index (χ1) is 13.5. The Balaban J connectivity index is 1.86. The fourth-order valence-electron chi connectivity index (χ4n) is 2.94. The Morgan fingerprint density at radius 2 is 1.89 bits per heavy atom. The lowest BCUT2D eigenvalue weighted by Gasteiger charge is -2.07. The SMILES string of the molecule is CCCn1nc(C(=O)CC)nc1Cc1ccc(-c2ccccc2C(=O)O)nc1. The number of nitrogens with zero attached hydrogens (tertiary/aromatic N) is 4. The first kappa shape index (κ1) is 19.4. The number of rotatable bonds is 8. The molecule has 0 atom stereocenters. The Kier molecular flexibility index (Phi) is 5.93. The fourth-order valence-corrected chi connectivity index (χ4v) is 2.94. The van der Waals surface area contributed by atoms with Crippen molar-refractivity contribution in [3.05, 3.63) is 65.4 Å². The molecule has 3 rings (SSSR count). The summed E-state index contributed by atoms with van der Waals surface area (Å²) in [6.45, 7) is 4.53. The number of hydrogen-bond donors (Lipinski definition) is 1. The number of aromatic carboxylic acids is 1. The molecule has 0 radical (unpaired) electrons. The van der Waals surface area contributed by atoms with Gasteiger partial charge in [0.1, 0.15) is 5.82 Å². The van der Waals surface area contributed by atoms with E-state index in [1.807, 2.05) is 13.0 Å². The van der Waals surface area contributed by atoms with Crippen molar-refractivity contribution in [3.8, 4) is 11.3 Å². The van der Waals surface area contributed by atoms with Gasteiger partial charge in [-0.1, -0.05) is 38.1 Å². The van der Waals surface area contributed by atoms with Gasteiger partial charge in [0.15, 0.2) is 0 Å². The van der Waals surface area contributed by atoms with Crippen molar-refractivity contribution in [3.63, 3.8) is 0 Å². The molecule has 0 fully saturated rings. The van der Waals surface area contributed by atoms with Crippen molar-refractivity contribution in [2.45, 2.75) is 39.7 Å². The zero-order valence-electron chi connectivity index (χ0n) is 15.9. The summed E-state index contributed by atoms with van der Waals surface area (Å²) in [5.41, 5.74) is 2.30. The second-order valence-electron chi connectivity index (χ2n) is 6.43. The number of aryl methyl sites for hydroxylation is 1. The number of carboxylic acid groups (broad SMARTS) is 1. The molecule has 7 heteroatoms. The van der Waals surface area contributed by atoms with Gasteiger partial charge in [0.2, 0.25) is 11.6 Å². The number of carboxylic acids is 1. The van der Waals surface area contributed by atoms with Crippen LogP contribution in [0.25, 0.3) is 11.3 Å². The summed E-state index contributed by atoms with van der Waals surface area (Å²) in [5, 5.41) is 13.7. The summed E-state index contributed by atoms with van der Waals surface area (Å²) in [5.74, 6) is -0.0813. The van der Waals surface area contributed by atoms with Gasteiger partial charge in [-0.3, -0.25) is 9.78 Å². The lowest BCUT2D eigenvalue weighted by atomic mass is 10.0. The molecule has 1 aromatic carbocycles. The highest BCUT2D eigenvalue weighted by atomic mass is 16.4. The Hall–Kier alpha value is -3.35. The van der Waals surface area contributed by atoms with E-state index < -0.39 is 5.97 Å². The molecule has 28 heavy (non-hydrogen) atoms. The third-order valence-corrected chi connectivity index (χ3v) is 4.37. The zero-order chi connectivity index (χ0) is 20.1. The Bertz CT molecular complexity index is 993. The summed E-state index contributed by atoms with van der Waals surface area (Å²) in [7, 11) is 0. The van der Waals surface area contributed by atoms with Crippen LogP contribution in [0, 0.1) is 0 Å². The molecular weight excluding hydrogens is 356 g/mol. The molecule has 0 unspecified atom stereocenters. The predicted octanol–water partition coefficient (Wildman–Crippen LogP) is 3.63. The zero-order valence-corrected chi connectivity index (χ0v) is 15.9. The molecular formula is C21H22N4O3. The minimum atomic E-state index is -0.984. The van der Waals surface area contributed by atoms with Crippen molar-refractivity contribution < 1.29 is 14.7 Å². The van der Waals surface area contributed by atoms with Gasteiger partial charge >= 0.3 is 5.97 Å². The van der Waals surface area contributed by atoms with Crippen LogP contribution in [0.1, 0.15) is 59.1 Å². The number of hydrogen-bond acceptors (Lipinski definition) is 5. The molecule has 0 bridgehead atoms. The van der Waals surface area contributed by atoms with Gasteiger partial charge < -0.3 is 5.11 Å². The van der Waals surface area contributed by atoms with Gasteiger partial charge in [0, 0.05) is 31.1 Å². The highest BCUT2D eigenvalue weighted by Crippen LogP contribution is 2.22. The molecule has 0 amide bonds. The number of benzene rings is 1. The summed E-state index contributed by atoms with van der Waals surface area (Å²) < 4.78 is 1.77. The number of pyridine rings is 1. The summed E-state index contributed by atoms with van der Waals surface area (Å²) in [6.07, 6.45) is 3.46. The molecule has 7 nitrogen and oxygen atoms in total. The van der Waals surface area contributed by atoms with Crippen molar-refractivity contribution in [1.82, 2.24) is 19.7 Å². The molecule has 2 aromatic heterocycles. The van der Waals surface area contributed by atoms with Crippen molar-refractivity contribution in [2.75, 3.05) is 0 Å². The highest BCUT2D eigenvalue weighted by molar-refractivity contribution is 5.95.